The third-order valence-electron chi connectivity index (χ3n) is 6.81. The maximum Gasteiger partial charge on any atom is 0.238 e. The molecule has 0 bridgehead atoms. The fourth-order valence-corrected chi connectivity index (χ4v) is 5.04. The van der Waals surface area contributed by atoms with Crippen LogP contribution in [0.2, 0.25) is 0 Å². The van der Waals surface area contributed by atoms with Gasteiger partial charge < -0.3 is 24.6 Å². The third kappa shape index (κ3) is 3.78. The molecule has 2 fully saturated rings. The smallest absolute Gasteiger partial charge is 0.238 e. The Labute approximate surface area is 206 Å². The normalized spacial score (nSPS) is 18.7. The first-order chi connectivity index (χ1) is 17.5. The van der Waals surface area contributed by atoms with Gasteiger partial charge in [0.25, 0.3) is 0 Å². The number of nitrogens with one attached hydrogen (secondary N) is 1. The number of anilines is 4. The number of hydrogen-bond acceptors (Lipinski definition) is 7. The van der Waals surface area contributed by atoms with Crippen LogP contribution >= 0.6 is 0 Å². The summed E-state index contributed by atoms with van der Waals surface area (Å²) in [7, 11) is 1.53. The molecule has 2 amide bonds. The summed E-state index contributed by atoms with van der Waals surface area (Å²) in [6.07, 6.45) is 5.66. The molecule has 10 heteroatoms. The fraction of sp³-hybridized carbons (Fsp3) is 0.308. The van der Waals surface area contributed by atoms with Gasteiger partial charge in [0.15, 0.2) is 0 Å². The van der Waals surface area contributed by atoms with Gasteiger partial charge in [0, 0.05) is 37.2 Å². The lowest BCUT2D eigenvalue weighted by molar-refractivity contribution is -0.118. The summed E-state index contributed by atoms with van der Waals surface area (Å²) in [4.78, 5) is 36.5. The molecule has 0 radical (unpaired) electrons. The Morgan fingerprint density at radius 1 is 1.08 bits per heavy atom. The minimum absolute atomic E-state index is 0.0370. The van der Waals surface area contributed by atoms with Crippen molar-refractivity contribution in [3.63, 3.8) is 0 Å². The zero-order valence-electron chi connectivity index (χ0n) is 19.7. The van der Waals surface area contributed by atoms with Crippen LogP contribution in [-0.4, -0.2) is 48.1 Å². The Morgan fingerprint density at radius 3 is 2.75 bits per heavy atom. The number of nitrogens with zero attached hydrogens (tertiary/aromatic N) is 4. The molecular weight excluding hydrogens is 465 g/mol. The van der Waals surface area contributed by atoms with Crippen molar-refractivity contribution in [2.24, 2.45) is 0 Å². The van der Waals surface area contributed by atoms with Gasteiger partial charge in [-0.05, 0) is 36.6 Å². The van der Waals surface area contributed by atoms with E-state index in [1.165, 1.54) is 18.1 Å². The monoisotopic (exact) mass is 489 g/mol. The van der Waals surface area contributed by atoms with Crippen molar-refractivity contribution in [1.29, 1.82) is 0 Å². The van der Waals surface area contributed by atoms with Crippen molar-refractivity contribution < 1.29 is 23.5 Å². The highest BCUT2D eigenvalue weighted by Gasteiger charge is 2.38. The number of aromatic nitrogens is 2. The molecule has 0 aliphatic carbocycles. The van der Waals surface area contributed by atoms with E-state index >= 15 is 0 Å². The van der Waals surface area contributed by atoms with Gasteiger partial charge in [-0.25, -0.2) is 14.4 Å². The Morgan fingerprint density at radius 2 is 1.97 bits per heavy atom. The van der Waals surface area contributed by atoms with E-state index in [9.17, 15) is 14.0 Å². The molecule has 3 aromatic rings. The summed E-state index contributed by atoms with van der Waals surface area (Å²) in [6, 6.07) is 8.35. The van der Waals surface area contributed by atoms with Crippen molar-refractivity contribution in [2.75, 3.05) is 35.4 Å². The van der Waals surface area contributed by atoms with E-state index in [4.69, 9.17) is 9.47 Å². The van der Waals surface area contributed by atoms with E-state index in [1.54, 1.807) is 35.5 Å². The highest BCUT2D eigenvalue weighted by molar-refractivity contribution is 5.98. The predicted octanol–water partition coefficient (Wildman–Crippen LogP) is 4.05. The van der Waals surface area contributed by atoms with Gasteiger partial charge in [-0.15, -0.1) is 0 Å². The number of fused-ring (bicyclic) bond motifs is 3. The minimum atomic E-state index is -0.468. The van der Waals surface area contributed by atoms with Crippen molar-refractivity contribution in [3.05, 3.63) is 48.5 Å². The van der Waals surface area contributed by atoms with Crippen molar-refractivity contribution in [2.45, 2.75) is 31.7 Å². The quantitative estimate of drug-likeness (QED) is 0.578. The van der Waals surface area contributed by atoms with Crippen LogP contribution < -0.4 is 24.6 Å². The molecule has 3 aliphatic rings. The molecule has 9 nitrogen and oxygen atoms in total. The van der Waals surface area contributed by atoms with Crippen molar-refractivity contribution in [3.8, 4) is 22.8 Å². The summed E-state index contributed by atoms with van der Waals surface area (Å²) in [5, 5.41) is 3.20. The molecule has 36 heavy (non-hydrogen) atoms. The van der Waals surface area contributed by atoms with E-state index in [0.717, 1.165) is 12.8 Å². The van der Waals surface area contributed by atoms with Gasteiger partial charge in [0.05, 0.1) is 30.7 Å². The van der Waals surface area contributed by atoms with Crippen LogP contribution in [0.1, 0.15) is 25.7 Å². The average Bonchev–Trinajstić information content (AvgIpc) is 3.49. The van der Waals surface area contributed by atoms with Crippen LogP contribution in [0.4, 0.5) is 27.3 Å². The number of pyridine rings is 2. The Balaban J connectivity index is 1.26. The second-order valence-corrected chi connectivity index (χ2v) is 9.03. The lowest BCUT2D eigenvalue weighted by atomic mass is 10.1. The van der Waals surface area contributed by atoms with Crippen LogP contribution in [-0.2, 0) is 9.59 Å². The standard InChI is InChI=1S/C26H24FN5O4/c1-35-22-11-23(30-16-10-21-26(29-12-16)36-14-17-5-7-25(34)32(17)21)28-13-18(22)15-4-6-20(19(27)9-15)31-8-2-3-24(31)33/h4,6,9-13,17H,2-3,5,7-8,14H2,1H3,(H,28,30)/t17-/m0/s1. The molecule has 0 unspecified atom stereocenters. The van der Waals surface area contributed by atoms with Gasteiger partial charge in [0.2, 0.25) is 17.7 Å². The molecule has 2 aromatic heterocycles. The van der Waals surface area contributed by atoms with E-state index in [2.05, 4.69) is 15.3 Å². The number of ether oxygens (including phenoxy) is 2. The lowest BCUT2D eigenvalue weighted by Crippen LogP contribution is -2.40. The van der Waals surface area contributed by atoms with Crippen molar-refractivity contribution >= 4 is 34.7 Å². The molecule has 0 spiro atoms. The Kier molecular flexibility index (Phi) is 5.43. The highest BCUT2D eigenvalue weighted by atomic mass is 19.1. The van der Waals surface area contributed by atoms with Gasteiger partial charge in [-0.2, -0.15) is 0 Å². The maximum atomic E-state index is 14.9. The number of carbonyl (C=O) groups is 2. The molecule has 1 N–H and O–H groups in total. The first-order valence-corrected chi connectivity index (χ1v) is 11.9. The lowest BCUT2D eigenvalue weighted by Gasteiger charge is -2.31. The van der Waals surface area contributed by atoms with E-state index in [-0.39, 0.29) is 23.5 Å². The summed E-state index contributed by atoms with van der Waals surface area (Å²) >= 11 is 0. The van der Waals surface area contributed by atoms with Crippen LogP contribution in [0.25, 0.3) is 11.1 Å². The minimum Gasteiger partial charge on any atom is -0.496 e. The van der Waals surface area contributed by atoms with Gasteiger partial charge in [-0.1, -0.05) is 6.07 Å². The molecule has 1 aromatic carbocycles. The van der Waals surface area contributed by atoms with Gasteiger partial charge >= 0.3 is 0 Å². The SMILES string of the molecule is COc1cc(Nc2cnc3c(c2)N2C(=O)CC[C@H]2CO3)ncc1-c1ccc(N2CCCC2=O)c(F)c1. The highest BCUT2D eigenvalue weighted by Crippen LogP contribution is 2.40. The van der Waals surface area contributed by atoms with Gasteiger partial charge in [-0.3, -0.25) is 9.59 Å². The first-order valence-electron chi connectivity index (χ1n) is 11.9. The zero-order valence-corrected chi connectivity index (χ0v) is 19.7. The van der Waals surface area contributed by atoms with E-state index in [0.29, 0.717) is 65.9 Å². The number of hydrogen-bond donors (Lipinski definition) is 1. The summed E-state index contributed by atoms with van der Waals surface area (Å²) in [5.74, 6) is 0.974. The fourth-order valence-electron chi connectivity index (χ4n) is 5.04. The molecular formula is C26H24FN5O4. The molecule has 184 valence electrons. The topological polar surface area (TPSA) is 96.9 Å². The zero-order chi connectivity index (χ0) is 24.8. The Bertz CT molecular complexity index is 1380. The van der Waals surface area contributed by atoms with Crippen LogP contribution in [0.5, 0.6) is 11.6 Å². The second-order valence-electron chi connectivity index (χ2n) is 9.03. The van der Waals surface area contributed by atoms with Crippen LogP contribution in [0.3, 0.4) is 0 Å². The number of benzene rings is 1. The predicted molar refractivity (Wildman–Crippen MR) is 131 cm³/mol. The average molecular weight is 490 g/mol. The number of halogens is 1. The summed E-state index contributed by atoms with van der Waals surface area (Å²) in [6.45, 7) is 0.977. The second kappa shape index (κ2) is 8.78. The van der Waals surface area contributed by atoms with Crippen molar-refractivity contribution in [1.82, 2.24) is 9.97 Å². The summed E-state index contributed by atoms with van der Waals surface area (Å²) in [5.41, 5.74) is 2.78. The molecule has 0 saturated carbocycles. The number of carbonyl (C=O) groups excluding carboxylic acids is 2. The first kappa shape index (κ1) is 22.3. The number of rotatable bonds is 5. The third-order valence-corrected chi connectivity index (χ3v) is 6.81. The molecule has 5 heterocycles. The maximum absolute atomic E-state index is 14.9. The number of methoxy groups -OCH3 is 1. The van der Waals surface area contributed by atoms with Gasteiger partial charge in [0.1, 0.15) is 29.7 Å². The van der Waals surface area contributed by atoms with E-state index in [1.807, 2.05) is 6.07 Å². The van der Waals surface area contributed by atoms with Crippen LogP contribution in [0.15, 0.2) is 42.7 Å². The Hall–Kier alpha value is -4.21. The number of amides is 2. The molecule has 1 atom stereocenters. The largest absolute Gasteiger partial charge is 0.496 e. The molecule has 2 saturated heterocycles. The molecule has 3 aliphatic heterocycles. The van der Waals surface area contributed by atoms with E-state index < -0.39 is 5.82 Å². The summed E-state index contributed by atoms with van der Waals surface area (Å²) < 4.78 is 26.2. The molecule has 6 rings (SSSR count). The van der Waals surface area contributed by atoms with Crippen LogP contribution in [0, 0.1) is 5.82 Å².